The summed E-state index contributed by atoms with van der Waals surface area (Å²) in [6.45, 7) is 6.58. The van der Waals surface area contributed by atoms with Crippen molar-refractivity contribution < 1.29 is 0 Å². The van der Waals surface area contributed by atoms with Crippen molar-refractivity contribution in [3.8, 4) is 16.8 Å². The molecule has 9 aromatic carbocycles. The van der Waals surface area contributed by atoms with Crippen molar-refractivity contribution in [3.63, 3.8) is 0 Å². The molecule has 0 N–H and O–H groups in total. The third-order valence-electron chi connectivity index (χ3n) is 13.3. The number of aromatic nitrogens is 2. The van der Waals surface area contributed by atoms with Gasteiger partial charge in [0.25, 0.3) is 0 Å². The molecular formula is C58H39N3. The molecule has 0 aliphatic heterocycles. The normalized spacial score (nSPS) is 12.6. The van der Waals surface area contributed by atoms with Crippen molar-refractivity contribution in [3.05, 3.63) is 217 Å². The molecule has 0 bridgehead atoms. The standard InChI is InChI=1S/C58H39N3/c1-3-37-33-54-50(31-39(37)27-28-59(42-16-6-4-7-17-42)51-24-14-22-45-44-20-11-10-15-40(44)32-47(45)51)57-56-46-21-12-13-23-52(46)60(43-18-8-5-9-19-43)55(56)35-49-48-30-38-26-25-36(2)29-41(38)34-53(48)61(54)58(49)57/h3-31,33-35H,1,32H2,2H3/b28-27-. The van der Waals surface area contributed by atoms with E-state index in [2.05, 4.69) is 216 Å². The summed E-state index contributed by atoms with van der Waals surface area (Å²) >= 11 is 0. The Morgan fingerprint density at radius 2 is 1.31 bits per heavy atom. The molecule has 13 rings (SSSR count). The monoisotopic (exact) mass is 777 g/mol. The van der Waals surface area contributed by atoms with E-state index in [-0.39, 0.29) is 0 Å². The minimum Gasteiger partial charge on any atom is -0.317 e. The van der Waals surface area contributed by atoms with E-state index in [0.29, 0.717) is 0 Å². The Labute approximate surface area is 353 Å². The second-order valence-electron chi connectivity index (χ2n) is 16.6. The smallest absolute Gasteiger partial charge is 0.0628 e. The highest BCUT2D eigenvalue weighted by atomic mass is 15.1. The molecule has 0 spiro atoms. The molecule has 12 aromatic rings. The van der Waals surface area contributed by atoms with Crippen molar-refractivity contribution in [2.45, 2.75) is 13.3 Å². The van der Waals surface area contributed by atoms with Gasteiger partial charge in [-0.1, -0.05) is 127 Å². The summed E-state index contributed by atoms with van der Waals surface area (Å²) < 4.78 is 4.99. The predicted molar refractivity (Wildman–Crippen MR) is 260 cm³/mol. The van der Waals surface area contributed by atoms with Crippen LogP contribution in [0.4, 0.5) is 11.4 Å². The average molecular weight is 778 g/mol. The quantitative estimate of drug-likeness (QED) is 0.164. The van der Waals surface area contributed by atoms with Crippen molar-refractivity contribution in [1.29, 1.82) is 0 Å². The third-order valence-corrected chi connectivity index (χ3v) is 13.3. The maximum Gasteiger partial charge on any atom is 0.0628 e. The molecule has 61 heavy (non-hydrogen) atoms. The highest BCUT2D eigenvalue weighted by Gasteiger charge is 2.26. The minimum atomic E-state index is 0.910. The second kappa shape index (κ2) is 12.8. The summed E-state index contributed by atoms with van der Waals surface area (Å²) in [4.78, 5) is 2.36. The summed E-state index contributed by atoms with van der Waals surface area (Å²) in [5, 5.41) is 10.1. The number of anilines is 2. The summed E-state index contributed by atoms with van der Waals surface area (Å²) in [5.41, 5.74) is 18.4. The lowest BCUT2D eigenvalue weighted by molar-refractivity contribution is 1.18. The van der Waals surface area contributed by atoms with Crippen molar-refractivity contribution in [2.24, 2.45) is 0 Å². The van der Waals surface area contributed by atoms with E-state index in [1.165, 1.54) is 104 Å². The van der Waals surface area contributed by atoms with Crippen LogP contribution < -0.4 is 4.90 Å². The number of nitrogens with zero attached hydrogens (tertiary/aromatic N) is 3. The van der Waals surface area contributed by atoms with Crippen LogP contribution in [0.1, 0.15) is 27.8 Å². The second-order valence-corrected chi connectivity index (χ2v) is 16.6. The first-order chi connectivity index (χ1) is 30.1. The zero-order valence-corrected chi connectivity index (χ0v) is 33.7. The highest BCUT2D eigenvalue weighted by Crippen LogP contribution is 2.48. The van der Waals surface area contributed by atoms with E-state index >= 15 is 0 Å². The number of aryl methyl sites for hydroxylation is 1. The summed E-state index contributed by atoms with van der Waals surface area (Å²) in [7, 11) is 0. The highest BCUT2D eigenvalue weighted by molar-refractivity contribution is 6.36. The maximum atomic E-state index is 4.40. The van der Waals surface area contributed by atoms with Gasteiger partial charge in [-0.2, -0.15) is 0 Å². The largest absolute Gasteiger partial charge is 0.317 e. The van der Waals surface area contributed by atoms with Gasteiger partial charge in [-0.3, -0.25) is 0 Å². The molecule has 3 aromatic heterocycles. The van der Waals surface area contributed by atoms with Crippen LogP contribution in [0.2, 0.25) is 0 Å². The average Bonchev–Trinajstić information content (AvgIpc) is 4.04. The first kappa shape index (κ1) is 34.0. The minimum absolute atomic E-state index is 0.910. The van der Waals surface area contributed by atoms with E-state index in [0.717, 1.165) is 28.9 Å². The van der Waals surface area contributed by atoms with Gasteiger partial charge in [0.05, 0.1) is 27.6 Å². The summed E-state index contributed by atoms with van der Waals surface area (Å²) in [5.74, 6) is 0. The van der Waals surface area contributed by atoms with Gasteiger partial charge in [-0.15, -0.1) is 0 Å². The molecule has 0 radical (unpaired) electrons. The SMILES string of the molecule is C=Cc1cc2c(cc1/C=C\N(c1ccccc1)c1cccc3c1Cc1ccccc1-3)c1c3c4ccccc4n(-c4ccccc4)c3cc3c4cc5ccc(C)cc5cc4n2c31. The fourth-order valence-electron chi connectivity index (χ4n) is 10.6. The lowest BCUT2D eigenvalue weighted by Crippen LogP contribution is -2.10. The molecule has 3 heteroatoms. The van der Waals surface area contributed by atoms with Gasteiger partial charge in [0.15, 0.2) is 0 Å². The van der Waals surface area contributed by atoms with E-state index in [1.807, 2.05) is 6.08 Å². The van der Waals surface area contributed by atoms with Gasteiger partial charge in [-0.25, -0.2) is 0 Å². The van der Waals surface area contributed by atoms with Crippen LogP contribution in [0.3, 0.4) is 0 Å². The van der Waals surface area contributed by atoms with Gasteiger partial charge >= 0.3 is 0 Å². The predicted octanol–water partition coefficient (Wildman–Crippen LogP) is 15.4. The van der Waals surface area contributed by atoms with Crippen LogP contribution in [-0.2, 0) is 6.42 Å². The number of hydrogen-bond donors (Lipinski definition) is 0. The van der Waals surface area contributed by atoms with Crippen molar-refractivity contribution in [1.82, 2.24) is 8.97 Å². The summed E-state index contributed by atoms with van der Waals surface area (Å²) in [6.07, 6.45) is 7.48. The Morgan fingerprint density at radius 1 is 0.541 bits per heavy atom. The Balaban J connectivity index is 1.11. The van der Waals surface area contributed by atoms with Crippen LogP contribution >= 0.6 is 0 Å². The van der Waals surface area contributed by atoms with E-state index in [4.69, 9.17) is 0 Å². The van der Waals surface area contributed by atoms with Gasteiger partial charge in [0.2, 0.25) is 0 Å². The van der Waals surface area contributed by atoms with Gasteiger partial charge < -0.3 is 13.9 Å². The van der Waals surface area contributed by atoms with Crippen LogP contribution in [0.15, 0.2) is 189 Å². The first-order valence-corrected chi connectivity index (χ1v) is 21.2. The number of rotatable bonds is 6. The Hall–Kier alpha value is -7.88. The molecule has 0 unspecified atom stereocenters. The van der Waals surface area contributed by atoms with E-state index in [9.17, 15) is 0 Å². The molecule has 286 valence electrons. The van der Waals surface area contributed by atoms with Gasteiger partial charge in [0.1, 0.15) is 0 Å². The summed E-state index contributed by atoms with van der Waals surface area (Å²) in [6, 6.07) is 64.9. The maximum absolute atomic E-state index is 4.40. The fraction of sp³-hybridized carbons (Fsp3) is 0.0345. The zero-order chi connectivity index (χ0) is 40.3. The Morgan fingerprint density at radius 3 is 2.18 bits per heavy atom. The lowest BCUT2D eigenvalue weighted by Gasteiger charge is -2.24. The fourth-order valence-corrected chi connectivity index (χ4v) is 10.6. The van der Waals surface area contributed by atoms with Crippen molar-refractivity contribution >= 4 is 94.2 Å². The molecule has 0 amide bonds. The van der Waals surface area contributed by atoms with Gasteiger partial charge in [0, 0.05) is 62.0 Å². The first-order valence-electron chi connectivity index (χ1n) is 21.2. The lowest BCUT2D eigenvalue weighted by atomic mass is 9.98. The van der Waals surface area contributed by atoms with Crippen LogP contribution in [-0.4, -0.2) is 8.97 Å². The molecule has 0 atom stereocenters. The van der Waals surface area contributed by atoms with Crippen LogP contribution in [0, 0.1) is 6.92 Å². The molecule has 0 fully saturated rings. The molecule has 3 heterocycles. The topological polar surface area (TPSA) is 12.6 Å². The molecule has 3 nitrogen and oxygen atoms in total. The van der Waals surface area contributed by atoms with Crippen LogP contribution in [0.5, 0.6) is 0 Å². The zero-order valence-electron chi connectivity index (χ0n) is 33.7. The van der Waals surface area contributed by atoms with E-state index in [1.54, 1.807) is 0 Å². The number of para-hydroxylation sites is 3. The van der Waals surface area contributed by atoms with E-state index < -0.39 is 0 Å². The van der Waals surface area contributed by atoms with Crippen LogP contribution in [0.25, 0.3) is 99.6 Å². The molecule has 1 aliphatic rings. The number of fused-ring (bicyclic) bond motifs is 14. The number of hydrogen-bond acceptors (Lipinski definition) is 1. The van der Waals surface area contributed by atoms with Gasteiger partial charge in [-0.05, 0) is 124 Å². The molecular weight excluding hydrogens is 739 g/mol. The Bertz CT molecular complexity index is 3810. The molecule has 0 saturated heterocycles. The number of benzene rings is 9. The molecule has 1 aliphatic carbocycles. The third kappa shape index (κ3) is 4.86. The van der Waals surface area contributed by atoms with Crippen molar-refractivity contribution in [2.75, 3.05) is 4.90 Å². The Kier molecular flexibility index (Phi) is 7.15. The molecule has 0 saturated carbocycles.